The molecule has 0 saturated carbocycles. The first-order valence-electron chi connectivity index (χ1n) is 10.7. The number of hydrogen-bond acceptors (Lipinski definition) is 5. The fourth-order valence-electron chi connectivity index (χ4n) is 3.36. The van der Waals surface area contributed by atoms with Gasteiger partial charge in [0, 0.05) is 25.2 Å². The second-order valence-electron chi connectivity index (χ2n) is 7.58. The van der Waals surface area contributed by atoms with Crippen LogP contribution in [0.25, 0.3) is 11.4 Å². The summed E-state index contributed by atoms with van der Waals surface area (Å²) < 4.78 is 7.37. The maximum Gasteiger partial charge on any atom is 0.233 e. The summed E-state index contributed by atoms with van der Waals surface area (Å²) >= 11 is 1.43. The average molecular weight is 451 g/mol. The molecule has 0 fully saturated rings. The van der Waals surface area contributed by atoms with Gasteiger partial charge in [0.25, 0.3) is 0 Å². The first-order valence-corrected chi connectivity index (χ1v) is 11.7. The van der Waals surface area contributed by atoms with Gasteiger partial charge in [-0.2, -0.15) is 0 Å². The number of thioether (sulfide) groups is 1. The fourth-order valence-corrected chi connectivity index (χ4v) is 4.22. The Bertz CT molecular complexity index is 1030. The van der Waals surface area contributed by atoms with Crippen LogP contribution in [0.4, 0.5) is 0 Å². The minimum Gasteiger partial charge on any atom is -0.497 e. The Morgan fingerprint density at radius 2 is 1.84 bits per heavy atom. The summed E-state index contributed by atoms with van der Waals surface area (Å²) in [5, 5.41) is 9.62. The monoisotopic (exact) mass is 450 g/mol. The highest BCUT2D eigenvalue weighted by Gasteiger charge is 2.18. The number of benzene rings is 2. The van der Waals surface area contributed by atoms with Crippen LogP contribution in [-0.2, 0) is 17.8 Å². The van der Waals surface area contributed by atoms with Crippen molar-refractivity contribution in [2.75, 3.05) is 26.0 Å². The van der Waals surface area contributed by atoms with Crippen molar-refractivity contribution in [3.05, 3.63) is 72.3 Å². The van der Waals surface area contributed by atoms with Crippen LogP contribution in [0.2, 0.25) is 0 Å². The molecule has 0 unspecified atom stereocenters. The highest BCUT2D eigenvalue weighted by molar-refractivity contribution is 7.99. The molecule has 0 spiro atoms. The van der Waals surface area contributed by atoms with Crippen LogP contribution in [0.3, 0.4) is 0 Å². The van der Waals surface area contributed by atoms with Gasteiger partial charge < -0.3 is 14.2 Å². The van der Waals surface area contributed by atoms with Gasteiger partial charge >= 0.3 is 0 Å². The zero-order chi connectivity index (χ0) is 22.9. The molecule has 1 aromatic heterocycles. The lowest BCUT2D eigenvalue weighted by Gasteiger charge is -2.20. The van der Waals surface area contributed by atoms with Crippen molar-refractivity contribution in [1.29, 1.82) is 0 Å². The highest BCUT2D eigenvalue weighted by atomic mass is 32.2. The van der Waals surface area contributed by atoms with E-state index in [4.69, 9.17) is 4.74 Å². The van der Waals surface area contributed by atoms with Gasteiger partial charge in [0.2, 0.25) is 5.91 Å². The lowest BCUT2D eigenvalue weighted by Crippen LogP contribution is -2.33. The summed E-state index contributed by atoms with van der Waals surface area (Å²) in [6.07, 6.45) is 0.848. The average Bonchev–Trinajstić information content (AvgIpc) is 3.22. The summed E-state index contributed by atoms with van der Waals surface area (Å²) in [5.41, 5.74) is 3.17. The van der Waals surface area contributed by atoms with Crippen LogP contribution < -0.4 is 4.74 Å². The Morgan fingerprint density at radius 1 is 1.12 bits per heavy atom. The first-order chi connectivity index (χ1) is 15.5. The molecule has 0 radical (unpaired) electrons. The predicted octanol–water partition coefficient (Wildman–Crippen LogP) is 4.71. The Balaban J connectivity index is 1.81. The van der Waals surface area contributed by atoms with Crippen molar-refractivity contribution >= 4 is 17.7 Å². The lowest BCUT2D eigenvalue weighted by molar-refractivity contribution is -0.127. The third-order valence-corrected chi connectivity index (χ3v) is 6.00. The van der Waals surface area contributed by atoms with E-state index in [9.17, 15) is 4.79 Å². The number of ether oxygens (including phenoxy) is 1. The molecule has 0 bridgehead atoms. The molecule has 1 heterocycles. The summed E-state index contributed by atoms with van der Waals surface area (Å²) in [6.45, 7) is 9.79. The maximum absolute atomic E-state index is 12.7. The SMILES string of the molecule is C=C(C)CN(CC)C(=O)CSc1nnc(-c2ccc(OC)cc2)n1CCc1ccccc1. The third kappa shape index (κ3) is 6.23. The number of likely N-dealkylation sites (N-methyl/N-ethyl adjacent to an activating group) is 1. The molecule has 0 aliphatic heterocycles. The van der Waals surface area contributed by atoms with E-state index in [1.165, 1.54) is 17.3 Å². The van der Waals surface area contributed by atoms with Crippen molar-refractivity contribution < 1.29 is 9.53 Å². The van der Waals surface area contributed by atoms with E-state index in [1.54, 1.807) is 7.11 Å². The maximum atomic E-state index is 12.7. The van der Waals surface area contributed by atoms with Gasteiger partial charge in [-0.3, -0.25) is 4.79 Å². The Kier molecular flexibility index (Phi) is 8.50. The lowest BCUT2D eigenvalue weighted by atomic mass is 10.1. The molecule has 0 aliphatic rings. The van der Waals surface area contributed by atoms with Gasteiger partial charge in [-0.1, -0.05) is 54.2 Å². The van der Waals surface area contributed by atoms with Crippen molar-refractivity contribution in [2.45, 2.75) is 32.0 Å². The van der Waals surface area contributed by atoms with E-state index in [1.807, 2.05) is 61.2 Å². The number of carbonyl (C=O) groups is 1. The van der Waals surface area contributed by atoms with Crippen LogP contribution in [0.15, 0.2) is 71.9 Å². The van der Waals surface area contributed by atoms with Crippen LogP contribution in [0, 0.1) is 0 Å². The molecule has 0 aliphatic carbocycles. The predicted molar refractivity (Wildman–Crippen MR) is 130 cm³/mol. The van der Waals surface area contributed by atoms with E-state index in [-0.39, 0.29) is 5.91 Å². The minimum absolute atomic E-state index is 0.0732. The summed E-state index contributed by atoms with van der Waals surface area (Å²) in [7, 11) is 1.65. The molecule has 32 heavy (non-hydrogen) atoms. The molecule has 7 heteroatoms. The number of aromatic nitrogens is 3. The fraction of sp³-hybridized carbons (Fsp3) is 0.320. The number of nitrogens with zero attached hydrogens (tertiary/aromatic N) is 4. The normalized spacial score (nSPS) is 10.7. The quantitative estimate of drug-likeness (QED) is 0.313. The number of carbonyl (C=O) groups excluding carboxylic acids is 1. The minimum atomic E-state index is 0.0732. The number of methoxy groups -OCH3 is 1. The molecule has 1 amide bonds. The number of amides is 1. The number of hydrogen-bond donors (Lipinski definition) is 0. The first kappa shape index (κ1) is 23.6. The van der Waals surface area contributed by atoms with Gasteiger partial charge in [0.05, 0.1) is 12.9 Å². The molecule has 6 nitrogen and oxygen atoms in total. The molecule has 168 valence electrons. The molecular weight excluding hydrogens is 420 g/mol. The Labute approximate surface area is 194 Å². The van der Waals surface area contributed by atoms with Gasteiger partial charge in [-0.15, -0.1) is 10.2 Å². The van der Waals surface area contributed by atoms with Crippen molar-refractivity contribution in [1.82, 2.24) is 19.7 Å². The van der Waals surface area contributed by atoms with Crippen molar-refractivity contribution in [2.24, 2.45) is 0 Å². The van der Waals surface area contributed by atoms with Crippen LogP contribution >= 0.6 is 11.8 Å². The molecular formula is C25H30N4O2S. The Hall–Kier alpha value is -3.06. The number of rotatable bonds is 11. The van der Waals surface area contributed by atoms with E-state index in [0.717, 1.165) is 40.8 Å². The summed E-state index contributed by atoms with van der Waals surface area (Å²) in [4.78, 5) is 14.5. The van der Waals surface area contributed by atoms with Crippen molar-refractivity contribution in [3.8, 4) is 17.1 Å². The van der Waals surface area contributed by atoms with E-state index < -0.39 is 0 Å². The molecule has 0 atom stereocenters. The molecule has 0 N–H and O–H groups in total. The highest BCUT2D eigenvalue weighted by Crippen LogP contribution is 2.26. The van der Waals surface area contributed by atoms with E-state index in [2.05, 4.69) is 33.5 Å². The topological polar surface area (TPSA) is 60.3 Å². The standard InChI is InChI=1S/C25H30N4O2S/c1-5-28(17-19(2)3)23(30)18-32-25-27-26-24(21-11-13-22(31-4)14-12-21)29(25)16-15-20-9-7-6-8-10-20/h6-14H,2,5,15-18H2,1,3-4H3. The third-order valence-electron chi connectivity index (χ3n) is 5.05. The van der Waals surface area contributed by atoms with Gasteiger partial charge in [0.1, 0.15) is 5.75 Å². The zero-order valence-electron chi connectivity index (χ0n) is 19.0. The molecule has 3 aromatic rings. The largest absolute Gasteiger partial charge is 0.497 e. The Morgan fingerprint density at radius 3 is 2.47 bits per heavy atom. The van der Waals surface area contributed by atoms with Gasteiger partial charge in [0.15, 0.2) is 11.0 Å². The van der Waals surface area contributed by atoms with E-state index >= 15 is 0 Å². The zero-order valence-corrected chi connectivity index (χ0v) is 19.8. The van der Waals surface area contributed by atoms with Crippen LogP contribution in [-0.4, -0.2) is 51.5 Å². The second-order valence-corrected chi connectivity index (χ2v) is 8.52. The second kappa shape index (κ2) is 11.5. The van der Waals surface area contributed by atoms with Gasteiger partial charge in [-0.05, 0) is 50.1 Å². The van der Waals surface area contributed by atoms with Crippen LogP contribution in [0.5, 0.6) is 5.75 Å². The molecule has 2 aromatic carbocycles. The summed E-state index contributed by atoms with van der Waals surface area (Å²) in [5.74, 6) is 1.96. The van der Waals surface area contributed by atoms with Crippen molar-refractivity contribution in [3.63, 3.8) is 0 Å². The number of aryl methyl sites for hydroxylation is 1. The summed E-state index contributed by atoms with van der Waals surface area (Å²) in [6, 6.07) is 18.1. The van der Waals surface area contributed by atoms with E-state index in [0.29, 0.717) is 18.8 Å². The smallest absolute Gasteiger partial charge is 0.233 e. The molecule has 3 rings (SSSR count). The van der Waals surface area contributed by atoms with Gasteiger partial charge in [-0.25, -0.2) is 0 Å². The van der Waals surface area contributed by atoms with Crippen LogP contribution in [0.1, 0.15) is 19.4 Å². The molecule has 0 saturated heterocycles.